The number of rotatable bonds is 3. The van der Waals surface area contributed by atoms with Crippen LogP contribution < -0.4 is 4.74 Å². The highest BCUT2D eigenvalue weighted by Gasteiger charge is 2.20. The van der Waals surface area contributed by atoms with Gasteiger partial charge in [-0.1, -0.05) is 11.6 Å². The molecule has 0 aliphatic rings. The molecule has 1 aromatic heterocycles. The third kappa shape index (κ3) is 3.06. The lowest BCUT2D eigenvalue weighted by Crippen LogP contribution is -2.19. The molecule has 0 radical (unpaired) electrons. The van der Waals surface area contributed by atoms with Crippen molar-refractivity contribution in [3.05, 3.63) is 17.4 Å². The van der Waals surface area contributed by atoms with E-state index in [1.54, 1.807) is 0 Å². The summed E-state index contributed by atoms with van der Waals surface area (Å²) in [6, 6.07) is 1.09. The molecule has 0 saturated heterocycles. The number of hydrogen-bond acceptors (Lipinski definition) is 3. The minimum Gasteiger partial charge on any atom is -0.453 e. The SMILES string of the molecule is FC(F)C(F)Oc1cnnc(Cl)c1. The highest BCUT2D eigenvalue weighted by atomic mass is 35.5. The predicted octanol–water partition coefficient (Wildman–Crippen LogP) is 2.07. The zero-order valence-electron chi connectivity index (χ0n) is 6.12. The molecule has 1 unspecified atom stereocenters. The van der Waals surface area contributed by atoms with Crippen LogP contribution in [0.1, 0.15) is 0 Å². The molecule has 1 heterocycles. The largest absolute Gasteiger partial charge is 0.453 e. The van der Waals surface area contributed by atoms with Gasteiger partial charge in [0.2, 0.25) is 0 Å². The van der Waals surface area contributed by atoms with Crippen molar-refractivity contribution in [3.63, 3.8) is 0 Å². The third-order valence-corrected chi connectivity index (χ3v) is 1.23. The number of halogens is 4. The van der Waals surface area contributed by atoms with Crippen LogP contribution in [0.2, 0.25) is 5.15 Å². The molecule has 0 saturated carbocycles. The first kappa shape index (κ1) is 10.0. The molecule has 1 atom stereocenters. The van der Waals surface area contributed by atoms with Crippen molar-refractivity contribution in [2.45, 2.75) is 12.8 Å². The quantitative estimate of drug-likeness (QED) is 0.769. The third-order valence-electron chi connectivity index (χ3n) is 1.05. The monoisotopic (exact) mass is 212 g/mol. The minimum absolute atomic E-state index is 0.0565. The van der Waals surface area contributed by atoms with Crippen LogP contribution in [0.3, 0.4) is 0 Å². The smallest absolute Gasteiger partial charge is 0.304 e. The Bertz CT molecular complexity index is 286. The second-order valence-electron chi connectivity index (χ2n) is 2.02. The van der Waals surface area contributed by atoms with E-state index in [2.05, 4.69) is 14.9 Å². The number of hydrogen-bond donors (Lipinski definition) is 0. The van der Waals surface area contributed by atoms with E-state index in [0.717, 1.165) is 12.3 Å². The Morgan fingerprint density at radius 2 is 2.08 bits per heavy atom. The van der Waals surface area contributed by atoms with Gasteiger partial charge < -0.3 is 4.74 Å². The summed E-state index contributed by atoms with van der Waals surface area (Å²) in [5, 5.41) is 6.54. The van der Waals surface area contributed by atoms with E-state index in [4.69, 9.17) is 11.6 Å². The predicted molar refractivity (Wildman–Crippen MR) is 38.6 cm³/mol. The molecule has 0 amide bonds. The maximum absolute atomic E-state index is 12.3. The molecule has 0 aliphatic carbocycles. The van der Waals surface area contributed by atoms with Gasteiger partial charge in [0.15, 0.2) is 5.15 Å². The van der Waals surface area contributed by atoms with Crippen LogP contribution in [0, 0.1) is 0 Å². The molecule has 0 aliphatic heterocycles. The van der Waals surface area contributed by atoms with Crippen molar-refractivity contribution in [3.8, 4) is 5.75 Å². The van der Waals surface area contributed by atoms with Crippen LogP contribution in [-0.4, -0.2) is 23.0 Å². The van der Waals surface area contributed by atoms with Crippen LogP contribution in [0.4, 0.5) is 13.2 Å². The van der Waals surface area contributed by atoms with E-state index in [9.17, 15) is 13.2 Å². The first-order valence-corrected chi connectivity index (χ1v) is 3.54. The fourth-order valence-corrected chi connectivity index (χ4v) is 0.722. The summed E-state index contributed by atoms with van der Waals surface area (Å²) < 4.78 is 39.7. The van der Waals surface area contributed by atoms with Gasteiger partial charge in [0, 0.05) is 6.07 Å². The molecule has 0 N–H and O–H groups in total. The first-order valence-electron chi connectivity index (χ1n) is 3.16. The Morgan fingerprint density at radius 3 is 2.62 bits per heavy atom. The Kier molecular flexibility index (Phi) is 3.30. The summed E-state index contributed by atoms with van der Waals surface area (Å²) in [5.74, 6) is -0.187. The zero-order valence-corrected chi connectivity index (χ0v) is 6.88. The molecule has 72 valence electrons. The van der Waals surface area contributed by atoms with Crippen molar-refractivity contribution >= 4 is 11.6 Å². The number of aromatic nitrogens is 2. The lowest BCUT2D eigenvalue weighted by molar-refractivity contribution is -0.0671. The topological polar surface area (TPSA) is 35.0 Å². The fraction of sp³-hybridized carbons (Fsp3) is 0.333. The molecule has 0 spiro atoms. The van der Waals surface area contributed by atoms with Gasteiger partial charge in [-0.05, 0) is 0 Å². The fourth-order valence-electron chi connectivity index (χ4n) is 0.570. The van der Waals surface area contributed by atoms with Crippen molar-refractivity contribution in [1.29, 1.82) is 0 Å². The van der Waals surface area contributed by atoms with E-state index < -0.39 is 12.8 Å². The van der Waals surface area contributed by atoms with E-state index in [-0.39, 0.29) is 10.9 Å². The van der Waals surface area contributed by atoms with Gasteiger partial charge in [-0.25, -0.2) is 8.78 Å². The van der Waals surface area contributed by atoms with Crippen molar-refractivity contribution < 1.29 is 17.9 Å². The van der Waals surface area contributed by atoms with Gasteiger partial charge in [-0.2, -0.15) is 9.49 Å². The van der Waals surface area contributed by atoms with Crippen LogP contribution >= 0.6 is 11.6 Å². The lowest BCUT2D eigenvalue weighted by Gasteiger charge is -2.08. The maximum Gasteiger partial charge on any atom is 0.304 e. The van der Waals surface area contributed by atoms with E-state index >= 15 is 0 Å². The maximum atomic E-state index is 12.3. The molecule has 1 aromatic rings. The summed E-state index contributed by atoms with van der Waals surface area (Å²) in [5.41, 5.74) is 0. The van der Waals surface area contributed by atoms with Gasteiger partial charge in [-0.15, -0.1) is 5.10 Å². The molecule has 3 nitrogen and oxygen atoms in total. The summed E-state index contributed by atoms with van der Waals surface area (Å²) in [7, 11) is 0. The van der Waals surface area contributed by atoms with Crippen LogP contribution in [-0.2, 0) is 0 Å². The van der Waals surface area contributed by atoms with Crippen molar-refractivity contribution in [2.24, 2.45) is 0 Å². The van der Waals surface area contributed by atoms with Gasteiger partial charge >= 0.3 is 6.43 Å². The summed E-state index contributed by atoms with van der Waals surface area (Å²) >= 11 is 5.34. The average Bonchev–Trinajstić information content (AvgIpc) is 2.04. The molecule has 0 fully saturated rings. The second kappa shape index (κ2) is 4.27. The summed E-state index contributed by atoms with van der Waals surface area (Å²) in [6.45, 7) is 0. The van der Waals surface area contributed by atoms with Crippen LogP contribution in [0.15, 0.2) is 12.3 Å². The molecular formula is C6H4ClF3N2O. The molecule has 0 aromatic carbocycles. The van der Waals surface area contributed by atoms with Gasteiger partial charge in [-0.3, -0.25) is 0 Å². The molecule has 13 heavy (non-hydrogen) atoms. The van der Waals surface area contributed by atoms with E-state index in [1.165, 1.54) is 0 Å². The normalized spacial score (nSPS) is 13.0. The van der Waals surface area contributed by atoms with Crippen molar-refractivity contribution in [2.75, 3.05) is 0 Å². The highest BCUT2D eigenvalue weighted by molar-refractivity contribution is 6.29. The molecular weight excluding hydrogens is 209 g/mol. The molecule has 7 heteroatoms. The number of nitrogens with zero attached hydrogens (tertiary/aromatic N) is 2. The molecule has 1 rings (SSSR count). The van der Waals surface area contributed by atoms with E-state index in [1.807, 2.05) is 0 Å². The van der Waals surface area contributed by atoms with Gasteiger partial charge in [0.05, 0.1) is 6.20 Å². The second-order valence-corrected chi connectivity index (χ2v) is 2.40. The zero-order chi connectivity index (χ0) is 9.84. The Morgan fingerprint density at radius 1 is 1.38 bits per heavy atom. The van der Waals surface area contributed by atoms with Crippen molar-refractivity contribution in [1.82, 2.24) is 10.2 Å². The Balaban J connectivity index is 2.64. The van der Waals surface area contributed by atoms with Crippen LogP contribution in [0.25, 0.3) is 0 Å². The number of ether oxygens (including phenoxy) is 1. The lowest BCUT2D eigenvalue weighted by atomic mass is 10.5. The highest BCUT2D eigenvalue weighted by Crippen LogP contribution is 2.17. The van der Waals surface area contributed by atoms with Crippen LogP contribution in [0.5, 0.6) is 5.75 Å². The first-order chi connectivity index (χ1) is 6.09. The standard InChI is InChI=1S/C6H4ClF3N2O/c7-4-1-3(2-11-12-4)13-6(10)5(8)9/h1-2,5-6H. The van der Waals surface area contributed by atoms with Gasteiger partial charge in [0.1, 0.15) is 5.75 Å². The average molecular weight is 213 g/mol. The van der Waals surface area contributed by atoms with E-state index in [0.29, 0.717) is 0 Å². The van der Waals surface area contributed by atoms with Gasteiger partial charge in [0.25, 0.3) is 6.36 Å². The summed E-state index contributed by atoms with van der Waals surface area (Å²) in [4.78, 5) is 0. The minimum atomic E-state index is -3.20. The summed E-state index contributed by atoms with van der Waals surface area (Å²) in [6.07, 6.45) is -4.90. The Labute approximate surface area is 76.5 Å². The Hall–Kier alpha value is -1.04. The molecule has 0 bridgehead atoms. The number of alkyl halides is 3.